The number of fused-ring (bicyclic) bond motifs is 2. The van der Waals surface area contributed by atoms with Crippen LogP contribution in [0.3, 0.4) is 0 Å². The third-order valence-electron chi connectivity index (χ3n) is 8.40. The van der Waals surface area contributed by atoms with Crippen LogP contribution in [0.1, 0.15) is 42.1 Å². The number of rotatable bonds is 10. The van der Waals surface area contributed by atoms with Crippen LogP contribution < -0.4 is 24.4 Å². The number of carbonyl (C=O) groups excluding carboxylic acids is 1. The minimum absolute atomic E-state index is 0.168. The van der Waals surface area contributed by atoms with Gasteiger partial charge in [-0.25, -0.2) is 9.79 Å². The van der Waals surface area contributed by atoms with E-state index in [0.29, 0.717) is 50.3 Å². The summed E-state index contributed by atoms with van der Waals surface area (Å²) < 4.78 is 19.6. The third kappa shape index (κ3) is 6.60. The molecule has 50 heavy (non-hydrogen) atoms. The average molecular weight is 701 g/mol. The number of nitrogens with zero attached hydrogens (tertiary/aromatic N) is 2. The molecule has 9 heteroatoms. The molecule has 1 aliphatic rings. The van der Waals surface area contributed by atoms with Crippen LogP contribution in [0.4, 0.5) is 0 Å². The highest BCUT2D eigenvalue weighted by Gasteiger charge is 2.35. The second-order valence-electron chi connectivity index (χ2n) is 11.5. The van der Waals surface area contributed by atoms with Crippen molar-refractivity contribution in [3.8, 4) is 11.5 Å². The Morgan fingerprint density at radius 2 is 1.64 bits per heavy atom. The Balaban J connectivity index is 1.38. The highest BCUT2D eigenvalue weighted by molar-refractivity contribution is 7.07. The van der Waals surface area contributed by atoms with E-state index >= 15 is 0 Å². The molecule has 7 nitrogen and oxygen atoms in total. The van der Waals surface area contributed by atoms with Gasteiger partial charge in [-0.2, -0.15) is 0 Å². The molecule has 0 spiro atoms. The summed E-state index contributed by atoms with van der Waals surface area (Å²) in [4.78, 5) is 33.7. The van der Waals surface area contributed by atoms with Gasteiger partial charge in [0.15, 0.2) is 4.80 Å². The molecule has 0 saturated heterocycles. The topological polar surface area (TPSA) is 79.1 Å². The van der Waals surface area contributed by atoms with E-state index in [1.807, 2.05) is 91.9 Å². The van der Waals surface area contributed by atoms with Gasteiger partial charge in [-0.3, -0.25) is 9.36 Å². The maximum absolute atomic E-state index is 14.5. The van der Waals surface area contributed by atoms with Gasteiger partial charge < -0.3 is 14.2 Å². The molecule has 1 aliphatic heterocycles. The molecule has 0 aliphatic carbocycles. The fraction of sp³-hybridized carbons (Fsp3) is 0.146. The van der Waals surface area contributed by atoms with E-state index in [-0.39, 0.29) is 17.7 Å². The maximum Gasteiger partial charge on any atom is 0.338 e. The van der Waals surface area contributed by atoms with E-state index in [9.17, 15) is 9.59 Å². The van der Waals surface area contributed by atoms with E-state index in [1.54, 1.807) is 29.7 Å². The smallest absolute Gasteiger partial charge is 0.338 e. The SMILES string of the molecule is CCOC(=O)C1=C(c2ccccc2)N=c2s/c(=C\c3cc(Cl)ccc3OCc3cccc4ccccc34)c(=O)n2[C@@H]1c1ccc(OCC)cc1. The number of ether oxygens (including phenoxy) is 3. The Labute approximate surface area is 298 Å². The van der Waals surface area contributed by atoms with Crippen molar-refractivity contribution in [3.05, 3.63) is 168 Å². The Hall–Kier alpha value is -5.44. The predicted octanol–water partition coefficient (Wildman–Crippen LogP) is 7.72. The minimum atomic E-state index is -0.806. The van der Waals surface area contributed by atoms with Gasteiger partial charge in [0.1, 0.15) is 18.1 Å². The highest BCUT2D eigenvalue weighted by Crippen LogP contribution is 2.36. The number of hydrogen-bond donors (Lipinski definition) is 0. The molecule has 0 N–H and O–H groups in total. The van der Waals surface area contributed by atoms with Gasteiger partial charge in [-0.1, -0.05) is 108 Å². The van der Waals surface area contributed by atoms with Gasteiger partial charge >= 0.3 is 5.97 Å². The van der Waals surface area contributed by atoms with Crippen molar-refractivity contribution in [2.45, 2.75) is 26.5 Å². The van der Waals surface area contributed by atoms with E-state index in [1.165, 1.54) is 11.3 Å². The quantitative estimate of drug-likeness (QED) is 0.137. The lowest BCUT2D eigenvalue weighted by Crippen LogP contribution is -2.40. The fourth-order valence-electron chi connectivity index (χ4n) is 6.15. The van der Waals surface area contributed by atoms with Crippen molar-refractivity contribution in [1.82, 2.24) is 4.57 Å². The Morgan fingerprint density at radius 1 is 0.880 bits per heavy atom. The molecule has 0 saturated carbocycles. The first-order valence-corrected chi connectivity index (χ1v) is 17.5. The lowest BCUT2D eigenvalue weighted by molar-refractivity contribution is -0.138. The summed E-state index contributed by atoms with van der Waals surface area (Å²) in [7, 11) is 0. The molecule has 1 aromatic heterocycles. The summed E-state index contributed by atoms with van der Waals surface area (Å²) >= 11 is 7.73. The first kappa shape index (κ1) is 33.1. The zero-order valence-electron chi connectivity index (χ0n) is 27.5. The molecule has 0 unspecified atom stereocenters. The highest BCUT2D eigenvalue weighted by atomic mass is 35.5. The summed E-state index contributed by atoms with van der Waals surface area (Å²) in [5.74, 6) is 0.723. The Bertz CT molecular complexity index is 2410. The molecule has 0 bridgehead atoms. The molecule has 2 heterocycles. The molecule has 5 aromatic carbocycles. The summed E-state index contributed by atoms with van der Waals surface area (Å²) in [6.45, 7) is 4.68. The van der Waals surface area contributed by atoms with Gasteiger partial charge in [0.25, 0.3) is 5.56 Å². The van der Waals surface area contributed by atoms with Crippen LogP contribution in [0, 0.1) is 0 Å². The first-order chi connectivity index (χ1) is 24.4. The molecule has 0 radical (unpaired) electrons. The normalized spacial score (nSPS) is 14.3. The van der Waals surface area contributed by atoms with Gasteiger partial charge in [0.05, 0.1) is 35.1 Å². The third-order valence-corrected chi connectivity index (χ3v) is 9.62. The molecule has 6 aromatic rings. The summed E-state index contributed by atoms with van der Waals surface area (Å²) in [5.41, 5.74) is 3.58. The average Bonchev–Trinajstić information content (AvgIpc) is 3.45. The zero-order valence-corrected chi connectivity index (χ0v) is 29.0. The standard InChI is InChI=1S/C41H33ClN2O5S/c1-3-47-32-20-17-28(18-21-32)38-36(40(46)48-4-2)37(27-12-6-5-7-13-27)43-41-44(38)39(45)35(50-41)24-30-23-31(42)19-22-34(30)49-25-29-15-10-14-26-11-8-9-16-33(26)29/h5-24,38H,3-4,25H2,1-2H3/b35-24-/t38-/m1/s1. The van der Waals surface area contributed by atoms with Crippen molar-refractivity contribution < 1.29 is 19.0 Å². The largest absolute Gasteiger partial charge is 0.494 e. The van der Waals surface area contributed by atoms with E-state index < -0.39 is 12.0 Å². The van der Waals surface area contributed by atoms with Crippen LogP contribution in [-0.4, -0.2) is 23.8 Å². The lowest BCUT2D eigenvalue weighted by atomic mass is 9.93. The molecule has 0 amide bonds. The molecular weight excluding hydrogens is 668 g/mol. The molecule has 7 rings (SSSR count). The van der Waals surface area contributed by atoms with Crippen LogP contribution in [-0.2, 0) is 16.1 Å². The van der Waals surface area contributed by atoms with Crippen molar-refractivity contribution in [3.63, 3.8) is 0 Å². The predicted molar refractivity (Wildman–Crippen MR) is 198 cm³/mol. The summed E-state index contributed by atoms with van der Waals surface area (Å²) in [6.07, 6.45) is 1.78. The summed E-state index contributed by atoms with van der Waals surface area (Å²) in [5, 5.41) is 2.75. The fourth-order valence-corrected chi connectivity index (χ4v) is 7.32. The molecule has 250 valence electrons. The van der Waals surface area contributed by atoms with Gasteiger partial charge in [-0.15, -0.1) is 0 Å². The minimum Gasteiger partial charge on any atom is -0.494 e. The number of halogens is 1. The zero-order chi connectivity index (χ0) is 34.6. The van der Waals surface area contributed by atoms with E-state index in [0.717, 1.165) is 27.5 Å². The number of benzene rings is 5. The van der Waals surface area contributed by atoms with Gasteiger partial charge in [0, 0.05) is 16.1 Å². The van der Waals surface area contributed by atoms with Crippen molar-refractivity contribution >= 4 is 51.5 Å². The number of thiazole rings is 1. The van der Waals surface area contributed by atoms with Gasteiger partial charge in [-0.05, 0) is 72.2 Å². The van der Waals surface area contributed by atoms with Crippen LogP contribution >= 0.6 is 22.9 Å². The molecule has 1 atom stereocenters. The Morgan fingerprint density at radius 3 is 2.42 bits per heavy atom. The van der Waals surface area contributed by atoms with Crippen LogP contribution in [0.2, 0.25) is 5.02 Å². The molecular formula is C41H33ClN2O5S. The number of esters is 1. The van der Waals surface area contributed by atoms with Crippen molar-refractivity contribution in [1.29, 1.82) is 0 Å². The second kappa shape index (κ2) is 14.6. The van der Waals surface area contributed by atoms with Crippen molar-refractivity contribution in [2.24, 2.45) is 4.99 Å². The van der Waals surface area contributed by atoms with E-state index in [4.69, 9.17) is 30.8 Å². The maximum atomic E-state index is 14.5. The van der Waals surface area contributed by atoms with Crippen LogP contribution in [0.15, 0.2) is 131 Å². The Kier molecular flexibility index (Phi) is 9.65. The van der Waals surface area contributed by atoms with E-state index in [2.05, 4.69) is 18.2 Å². The number of hydrogen-bond acceptors (Lipinski definition) is 7. The second-order valence-corrected chi connectivity index (χ2v) is 13.0. The first-order valence-electron chi connectivity index (χ1n) is 16.4. The van der Waals surface area contributed by atoms with Crippen molar-refractivity contribution in [2.75, 3.05) is 13.2 Å². The molecule has 0 fully saturated rings. The van der Waals surface area contributed by atoms with Crippen LogP contribution in [0.5, 0.6) is 11.5 Å². The monoisotopic (exact) mass is 700 g/mol. The van der Waals surface area contributed by atoms with Crippen LogP contribution in [0.25, 0.3) is 22.5 Å². The number of carbonyl (C=O) groups is 1. The lowest BCUT2D eigenvalue weighted by Gasteiger charge is -2.26. The summed E-state index contributed by atoms with van der Waals surface area (Å²) in [6, 6.07) is 35.7. The number of aromatic nitrogens is 1. The van der Waals surface area contributed by atoms with Gasteiger partial charge in [0.2, 0.25) is 0 Å².